The number of fused-ring (bicyclic) bond motifs is 2. The number of β-amino-alcohol motifs (C(OH)–C–C–N with tert-alkyl or cyclic N) is 1. The van der Waals surface area contributed by atoms with Gasteiger partial charge in [-0.05, 0) is 37.6 Å². The first-order valence-electron chi connectivity index (χ1n) is 8.76. The van der Waals surface area contributed by atoms with Crippen molar-refractivity contribution in [2.24, 2.45) is 0 Å². The van der Waals surface area contributed by atoms with Gasteiger partial charge in [-0.15, -0.1) is 0 Å². The zero-order valence-corrected chi connectivity index (χ0v) is 14.9. The Labute approximate surface area is 155 Å². The number of aliphatic hydroxyl groups excluding tert-OH is 1. The second-order valence-electron chi connectivity index (χ2n) is 6.64. The van der Waals surface area contributed by atoms with Gasteiger partial charge in [-0.3, -0.25) is 9.47 Å². The molecule has 2 N–H and O–H groups in total. The lowest BCUT2D eigenvalue weighted by Crippen LogP contribution is -2.40. The van der Waals surface area contributed by atoms with Crippen molar-refractivity contribution in [3.8, 4) is 11.6 Å². The Kier molecular flexibility index (Phi) is 4.51. The van der Waals surface area contributed by atoms with Crippen LogP contribution in [0, 0.1) is 0 Å². The molecule has 0 bridgehead atoms. The van der Waals surface area contributed by atoms with Crippen molar-refractivity contribution in [2.45, 2.75) is 25.9 Å². The lowest BCUT2D eigenvalue weighted by molar-refractivity contribution is 0.138. The fourth-order valence-electron chi connectivity index (χ4n) is 3.52. The molecular weight excluding hydrogens is 348 g/mol. The second kappa shape index (κ2) is 6.98. The Morgan fingerprint density at radius 3 is 2.96 bits per heavy atom. The standard InChI is InChI=1S/C19H20N4O4/c1-12-8-15-16(10-22(12)6-7-24)20-11-21-18(15)27-14-2-3-17-13(9-14)4-5-23(17)19(25)26/h2-5,9,11-12,24H,6-8,10H2,1H3,(H,25,26). The molecule has 1 unspecified atom stereocenters. The van der Waals surface area contributed by atoms with Crippen LogP contribution in [0.4, 0.5) is 4.79 Å². The van der Waals surface area contributed by atoms with E-state index in [2.05, 4.69) is 21.8 Å². The van der Waals surface area contributed by atoms with E-state index >= 15 is 0 Å². The molecule has 0 radical (unpaired) electrons. The van der Waals surface area contributed by atoms with Crippen molar-refractivity contribution in [1.82, 2.24) is 19.4 Å². The summed E-state index contributed by atoms with van der Waals surface area (Å²) in [6.07, 6.45) is 2.72. The van der Waals surface area contributed by atoms with Gasteiger partial charge in [-0.25, -0.2) is 14.8 Å². The monoisotopic (exact) mass is 368 g/mol. The van der Waals surface area contributed by atoms with E-state index in [-0.39, 0.29) is 12.6 Å². The summed E-state index contributed by atoms with van der Waals surface area (Å²) < 4.78 is 7.19. The van der Waals surface area contributed by atoms with E-state index < -0.39 is 6.09 Å². The van der Waals surface area contributed by atoms with E-state index in [1.54, 1.807) is 24.3 Å². The molecule has 0 aliphatic carbocycles. The summed E-state index contributed by atoms with van der Waals surface area (Å²) in [5.41, 5.74) is 2.49. The van der Waals surface area contributed by atoms with Gasteiger partial charge in [0, 0.05) is 36.3 Å². The number of aliphatic hydroxyl groups is 1. The van der Waals surface area contributed by atoms with Crippen LogP contribution in [0.2, 0.25) is 0 Å². The molecule has 27 heavy (non-hydrogen) atoms. The van der Waals surface area contributed by atoms with Crippen molar-refractivity contribution in [3.05, 3.63) is 48.0 Å². The molecule has 8 heteroatoms. The smallest absolute Gasteiger partial charge is 0.415 e. The van der Waals surface area contributed by atoms with Gasteiger partial charge in [0.2, 0.25) is 5.88 Å². The number of rotatable bonds is 4. The normalized spacial score (nSPS) is 17.0. The Bertz CT molecular complexity index is 1000. The van der Waals surface area contributed by atoms with Crippen molar-refractivity contribution in [2.75, 3.05) is 13.2 Å². The number of hydrogen-bond donors (Lipinski definition) is 2. The number of ether oxygens (including phenoxy) is 1. The van der Waals surface area contributed by atoms with Crippen LogP contribution in [0.25, 0.3) is 10.9 Å². The largest absolute Gasteiger partial charge is 0.464 e. The minimum atomic E-state index is -1.02. The molecule has 1 aliphatic rings. The summed E-state index contributed by atoms with van der Waals surface area (Å²) >= 11 is 0. The van der Waals surface area contributed by atoms with Crippen LogP contribution in [0.3, 0.4) is 0 Å². The van der Waals surface area contributed by atoms with Gasteiger partial charge in [0.05, 0.1) is 17.8 Å². The van der Waals surface area contributed by atoms with Crippen LogP contribution in [0.15, 0.2) is 36.8 Å². The quantitative estimate of drug-likeness (QED) is 0.729. The van der Waals surface area contributed by atoms with E-state index in [0.717, 1.165) is 23.1 Å². The summed E-state index contributed by atoms with van der Waals surface area (Å²) in [4.78, 5) is 22.1. The number of nitrogens with zero attached hydrogens (tertiary/aromatic N) is 4. The van der Waals surface area contributed by atoms with Crippen LogP contribution < -0.4 is 4.74 Å². The molecule has 0 amide bonds. The maximum Gasteiger partial charge on any atom is 0.415 e. The maximum atomic E-state index is 11.2. The molecule has 0 saturated heterocycles. The minimum absolute atomic E-state index is 0.115. The fraction of sp³-hybridized carbons (Fsp3) is 0.316. The Morgan fingerprint density at radius 1 is 1.33 bits per heavy atom. The average molecular weight is 368 g/mol. The number of hydrogen-bond acceptors (Lipinski definition) is 6. The molecular formula is C19H20N4O4. The molecule has 0 spiro atoms. The number of benzene rings is 1. The first-order chi connectivity index (χ1) is 13.1. The molecule has 0 saturated carbocycles. The third-order valence-electron chi connectivity index (χ3n) is 4.94. The highest BCUT2D eigenvalue weighted by Crippen LogP contribution is 2.32. The summed E-state index contributed by atoms with van der Waals surface area (Å²) in [7, 11) is 0. The lowest BCUT2D eigenvalue weighted by Gasteiger charge is -2.33. The van der Waals surface area contributed by atoms with Crippen LogP contribution in [-0.4, -0.2) is 54.9 Å². The number of aromatic nitrogens is 3. The van der Waals surface area contributed by atoms with Gasteiger partial charge < -0.3 is 14.9 Å². The number of carbonyl (C=O) groups is 1. The van der Waals surface area contributed by atoms with Crippen LogP contribution >= 0.6 is 0 Å². The fourth-order valence-corrected chi connectivity index (χ4v) is 3.52. The van der Waals surface area contributed by atoms with Crippen molar-refractivity contribution < 1.29 is 19.7 Å². The van der Waals surface area contributed by atoms with Crippen LogP contribution in [0.5, 0.6) is 11.6 Å². The van der Waals surface area contributed by atoms with Crippen LogP contribution in [-0.2, 0) is 13.0 Å². The van der Waals surface area contributed by atoms with E-state index in [9.17, 15) is 15.0 Å². The highest BCUT2D eigenvalue weighted by molar-refractivity contribution is 5.89. The average Bonchev–Trinajstić information content (AvgIpc) is 3.07. The maximum absolute atomic E-state index is 11.2. The summed E-state index contributed by atoms with van der Waals surface area (Å²) in [5, 5.41) is 19.2. The molecule has 140 valence electrons. The highest BCUT2D eigenvalue weighted by atomic mass is 16.5. The van der Waals surface area contributed by atoms with Gasteiger partial charge in [-0.2, -0.15) is 0 Å². The molecule has 0 fully saturated rings. The van der Waals surface area contributed by atoms with Gasteiger partial charge in [0.1, 0.15) is 12.1 Å². The highest BCUT2D eigenvalue weighted by Gasteiger charge is 2.27. The molecule has 4 rings (SSSR count). The molecule has 1 atom stereocenters. The molecule has 8 nitrogen and oxygen atoms in total. The first kappa shape index (κ1) is 17.4. The topological polar surface area (TPSA) is 101 Å². The van der Waals surface area contributed by atoms with Gasteiger partial charge in [0.15, 0.2) is 0 Å². The van der Waals surface area contributed by atoms with Crippen molar-refractivity contribution in [3.63, 3.8) is 0 Å². The summed E-state index contributed by atoms with van der Waals surface area (Å²) in [6.45, 7) is 3.48. The van der Waals surface area contributed by atoms with E-state index in [1.165, 1.54) is 17.1 Å². The third-order valence-corrected chi connectivity index (χ3v) is 4.94. The first-order valence-corrected chi connectivity index (χ1v) is 8.76. The molecule has 3 heterocycles. The third kappa shape index (κ3) is 3.24. The lowest BCUT2D eigenvalue weighted by atomic mass is 9.99. The Morgan fingerprint density at radius 2 is 2.19 bits per heavy atom. The SMILES string of the molecule is CC1Cc2c(ncnc2Oc2ccc3c(ccn3C(=O)O)c2)CN1CCO. The predicted molar refractivity (Wildman–Crippen MR) is 98.1 cm³/mol. The van der Waals surface area contributed by atoms with E-state index in [1.807, 2.05) is 0 Å². The van der Waals surface area contributed by atoms with Gasteiger partial charge >= 0.3 is 6.09 Å². The second-order valence-corrected chi connectivity index (χ2v) is 6.64. The van der Waals surface area contributed by atoms with E-state index in [4.69, 9.17) is 4.74 Å². The zero-order valence-electron chi connectivity index (χ0n) is 14.9. The van der Waals surface area contributed by atoms with Crippen LogP contribution in [0.1, 0.15) is 18.2 Å². The molecule has 2 aromatic heterocycles. The number of carboxylic acid groups (broad SMARTS) is 1. The predicted octanol–water partition coefficient (Wildman–Crippen LogP) is 2.49. The zero-order chi connectivity index (χ0) is 19.0. The van der Waals surface area contributed by atoms with Crippen molar-refractivity contribution in [1.29, 1.82) is 0 Å². The van der Waals surface area contributed by atoms with E-state index in [0.29, 0.717) is 30.2 Å². The molecule has 1 aromatic carbocycles. The summed E-state index contributed by atoms with van der Waals surface area (Å²) in [5.74, 6) is 1.12. The molecule has 1 aliphatic heterocycles. The Balaban J connectivity index is 1.63. The van der Waals surface area contributed by atoms with Gasteiger partial charge in [-0.1, -0.05) is 0 Å². The summed E-state index contributed by atoms with van der Waals surface area (Å²) in [6, 6.07) is 7.25. The van der Waals surface area contributed by atoms with Crippen molar-refractivity contribution >= 4 is 17.0 Å². The Hall–Kier alpha value is -2.97. The van der Waals surface area contributed by atoms with Gasteiger partial charge in [0.25, 0.3) is 0 Å². The minimum Gasteiger partial charge on any atom is -0.464 e. The molecule has 3 aromatic rings.